The van der Waals surface area contributed by atoms with E-state index in [0.717, 1.165) is 10.2 Å². The number of carboxylic acid groups (broad SMARTS) is 1. The van der Waals surface area contributed by atoms with Crippen LogP contribution < -0.4 is 0 Å². The standard InChI is InChI=1S/C15H18N2O4S2/c1-3-17(4-2)12(18)9-13(21-15(19)20)23-14-16-10-7-5-6-8-11(10)22-14/h5-8,13H,3-4,9H2,1-2H3,(H,19,20). The predicted octanol–water partition coefficient (Wildman–Crippen LogP) is 3.67. The molecule has 2 rings (SSSR count). The highest BCUT2D eigenvalue weighted by Gasteiger charge is 2.23. The Morgan fingerprint density at radius 3 is 2.65 bits per heavy atom. The number of ether oxygens (including phenoxy) is 1. The van der Waals surface area contributed by atoms with Crippen molar-refractivity contribution in [2.45, 2.75) is 30.0 Å². The van der Waals surface area contributed by atoms with Crippen molar-refractivity contribution in [3.8, 4) is 0 Å². The highest BCUT2D eigenvalue weighted by Crippen LogP contribution is 2.33. The van der Waals surface area contributed by atoms with Crippen LogP contribution in [0.1, 0.15) is 20.3 Å². The molecule has 1 heterocycles. The Labute approximate surface area is 142 Å². The van der Waals surface area contributed by atoms with Crippen LogP contribution in [0.25, 0.3) is 10.2 Å². The third-order valence-corrected chi connectivity index (χ3v) is 5.38. The van der Waals surface area contributed by atoms with Crippen molar-refractivity contribution in [2.75, 3.05) is 13.1 Å². The average Bonchev–Trinajstić information content (AvgIpc) is 2.89. The van der Waals surface area contributed by atoms with Gasteiger partial charge < -0.3 is 14.7 Å². The maximum absolute atomic E-state index is 12.2. The molecule has 0 fully saturated rings. The summed E-state index contributed by atoms with van der Waals surface area (Å²) in [6.45, 7) is 4.94. The summed E-state index contributed by atoms with van der Waals surface area (Å²) in [6, 6.07) is 7.66. The van der Waals surface area contributed by atoms with E-state index in [0.29, 0.717) is 17.4 Å². The maximum atomic E-state index is 12.2. The first-order valence-electron chi connectivity index (χ1n) is 7.23. The second kappa shape index (κ2) is 8.16. The molecule has 0 bridgehead atoms. The van der Waals surface area contributed by atoms with Crippen LogP contribution in [0.3, 0.4) is 0 Å². The summed E-state index contributed by atoms with van der Waals surface area (Å²) in [6.07, 6.45) is -1.40. The van der Waals surface area contributed by atoms with E-state index in [1.54, 1.807) is 4.90 Å². The monoisotopic (exact) mass is 354 g/mol. The minimum atomic E-state index is -1.39. The van der Waals surface area contributed by atoms with Gasteiger partial charge in [-0.15, -0.1) is 11.3 Å². The largest absolute Gasteiger partial charge is 0.506 e. The SMILES string of the molecule is CCN(CC)C(=O)CC(OC(=O)O)Sc1nc2ccccc2s1. The van der Waals surface area contributed by atoms with Crippen LogP contribution in [0, 0.1) is 0 Å². The fraction of sp³-hybridized carbons (Fsp3) is 0.400. The summed E-state index contributed by atoms with van der Waals surface area (Å²) in [5.41, 5.74) is 0.0466. The fourth-order valence-corrected chi connectivity index (χ4v) is 4.29. The number of nitrogens with zero attached hydrogens (tertiary/aromatic N) is 2. The van der Waals surface area contributed by atoms with E-state index >= 15 is 0 Å². The fourth-order valence-electron chi connectivity index (χ4n) is 2.08. The van der Waals surface area contributed by atoms with Crippen LogP contribution in [-0.4, -0.2) is 45.6 Å². The first-order valence-corrected chi connectivity index (χ1v) is 8.92. The molecule has 1 amide bonds. The molecule has 0 saturated carbocycles. The van der Waals surface area contributed by atoms with Crippen molar-refractivity contribution < 1.29 is 19.4 Å². The van der Waals surface area contributed by atoms with E-state index in [1.807, 2.05) is 38.1 Å². The second-order valence-electron chi connectivity index (χ2n) is 4.65. The third-order valence-electron chi connectivity index (χ3n) is 3.20. The van der Waals surface area contributed by atoms with Gasteiger partial charge in [0.2, 0.25) is 5.91 Å². The number of fused-ring (bicyclic) bond motifs is 1. The molecule has 0 aliphatic carbocycles. The number of rotatable bonds is 7. The third kappa shape index (κ3) is 4.84. The number of para-hydroxylation sites is 1. The van der Waals surface area contributed by atoms with E-state index in [2.05, 4.69) is 4.98 Å². The zero-order chi connectivity index (χ0) is 16.8. The lowest BCUT2D eigenvalue weighted by molar-refractivity contribution is -0.131. The number of benzene rings is 1. The van der Waals surface area contributed by atoms with Gasteiger partial charge in [-0.3, -0.25) is 4.79 Å². The topological polar surface area (TPSA) is 79.7 Å². The predicted molar refractivity (Wildman–Crippen MR) is 90.9 cm³/mol. The second-order valence-corrected chi connectivity index (χ2v) is 7.09. The molecule has 0 radical (unpaired) electrons. The van der Waals surface area contributed by atoms with E-state index in [9.17, 15) is 9.59 Å². The Balaban J connectivity index is 2.11. The summed E-state index contributed by atoms with van der Waals surface area (Å²) in [5.74, 6) is -0.130. The first kappa shape index (κ1) is 17.6. The van der Waals surface area contributed by atoms with Gasteiger partial charge in [0.25, 0.3) is 0 Å². The van der Waals surface area contributed by atoms with Gasteiger partial charge in [-0.2, -0.15) is 0 Å². The molecule has 1 N–H and O–H groups in total. The van der Waals surface area contributed by atoms with Crippen molar-refractivity contribution in [3.63, 3.8) is 0 Å². The van der Waals surface area contributed by atoms with Crippen LogP contribution in [-0.2, 0) is 9.53 Å². The number of carbonyl (C=O) groups excluding carboxylic acids is 1. The summed E-state index contributed by atoms with van der Waals surface area (Å²) in [7, 11) is 0. The van der Waals surface area contributed by atoms with Crippen molar-refractivity contribution in [2.24, 2.45) is 0 Å². The lowest BCUT2D eigenvalue weighted by Gasteiger charge is -2.21. The van der Waals surface area contributed by atoms with Crippen molar-refractivity contribution in [3.05, 3.63) is 24.3 Å². The quantitative estimate of drug-likeness (QED) is 0.464. The van der Waals surface area contributed by atoms with Crippen molar-refractivity contribution >= 4 is 45.4 Å². The molecule has 0 aliphatic heterocycles. The molecular weight excluding hydrogens is 336 g/mol. The number of carbonyl (C=O) groups is 2. The molecule has 124 valence electrons. The molecule has 0 spiro atoms. The van der Waals surface area contributed by atoms with Gasteiger partial charge in [0, 0.05) is 13.1 Å². The molecule has 1 atom stereocenters. The van der Waals surface area contributed by atoms with Crippen LogP contribution in [0.15, 0.2) is 28.6 Å². The number of thioether (sulfide) groups is 1. The minimum absolute atomic E-state index is 0.00539. The number of hydrogen-bond acceptors (Lipinski definition) is 6. The lowest BCUT2D eigenvalue weighted by Crippen LogP contribution is -2.33. The maximum Gasteiger partial charge on any atom is 0.506 e. The highest BCUT2D eigenvalue weighted by atomic mass is 32.2. The van der Waals surface area contributed by atoms with E-state index in [4.69, 9.17) is 9.84 Å². The Morgan fingerprint density at radius 2 is 2.04 bits per heavy atom. The van der Waals surface area contributed by atoms with E-state index in [-0.39, 0.29) is 12.3 Å². The van der Waals surface area contributed by atoms with E-state index in [1.165, 1.54) is 23.1 Å². The Hall–Kier alpha value is -1.80. The molecule has 0 aliphatic rings. The summed E-state index contributed by atoms with van der Waals surface area (Å²) >= 11 is 2.62. The summed E-state index contributed by atoms with van der Waals surface area (Å²) in [4.78, 5) is 29.2. The van der Waals surface area contributed by atoms with Gasteiger partial charge in [-0.25, -0.2) is 9.78 Å². The minimum Gasteiger partial charge on any atom is -0.450 e. The van der Waals surface area contributed by atoms with Crippen molar-refractivity contribution in [1.29, 1.82) is 0 Å². The molecule has 2 aromatic rings. The molecule has 1 aromatic carbocycles. The lowest BCUT2D eigenvalue weighted by atomic mass is 10.3. The van der Waals surface area contributed by atoms with Gasteiger partial charge in [0.1, 0.15) is 0 Å². The molecule has 8 heteroatoms. The zero-order valence-electron chi connectivity index (χ0n) is 12.9. The highest BCUT2D eigenvalue weighted by molar-refractivity contribution is 8.01. The number of amides is 1. The smallest absolute Gasteiger partial charge is 0.450 e. The zero-order valence-corrected chi connectivity index (χ0v) is 14.5. The number of thiazole rings is 1. The molecule has 1 unspecified atom stereocenters. The Morgan fingerprint density at radius 1 is 1.35 bits per heavy atom. The van der Waals surface area contributed by atoms with Gasteiger partial charge in [-0.05, 0) is 26.0 Å². The van der Waals surface area contributed by atoms with Crippen LogP contribution in [0.5, 0.6) is 0 Å². The number of aromatic nitrogens is 1. The van der Waals surface area contributed by atoms with Crippen LogP contribution in [0.2, 0.25) is 0 Å². The molecule has 1 aromatic heterocycles. The average molecular weight is 354 g/mol. The van der Waals surface area contributed by atoms with Gasteiger partial charge in [-0.1, -0.05) is 23.9 Å². The van der Waals surface area contributed by atoms with Crippen LogP contribution in [0.4, 0.5) is 4.79 Å². The Kier molecular flexibility index (Phi) is 6.23. The van der Waals surface area contributed by atoms with Gasteiger partial charge in [0.15, 0.2) is 9.78 Å². The first-order chi connectivity index (χ1) is 11.0. The number of hydrogen-bond donors (Lipinski definition) is 1. The molecule has 6 nitrogen and oxygen atoms in total. The van der Waals surface area contributed by atoms with E-state index < -0.39 is 11.6 Å². The van der Waals surface area contributed by atoms with Crippen molar-refractivity contribution in [1.82, 2.24) is 9.88 Å². The Bertz CT molecular complexity index is 652. The summed E-state index contributed by atoms with van der Waals surface area (Å²) < 4.78 is 6.56. The van der Waals surface area contributed by atoms with Gasteiger partial charge >= 0.3 is 6.16 Å². The molecular formula is C15H18N2O4S2. The van der Waals surface area contributed by atoms with Crippen LogP contribution >= 0.6 is 23.1 Å². The van der Waals surface area contributed by atoms with Gasteiger partial charge in [0.05, 0.1) is 16.6 Å². The normalized spacial score (nSPS) is 12.1. The summed E-state index contributed by atoms with van der Waals surface area (Å²) in [5, 5.41) is 8.89. The molecule has 23 heavy (non-hydrogen) atoms. The molecule has 0 saturated heterocycles.